The highest BCUT2D eigenvalue weighted by Crippen LogP contribution is 2.31. The fourth-order valence-corrected chi connectivity index (χ4v) is 2.78. The Bertz CT molecular complexity index is 606. The van der Waals surface area contributed by atoms with Gasteiger partial charge in [-0.05, 0) is 25.1 Å². The third-order valence-electron chi connectivity index (χ3n) is 2.45. The predicted octanol–water partition coefficient (Wildman–Crippen LogP) is 2.30. The van der Waals surface area contributed by atoms with Gasteiger partial charge in [0.05, 0.1) is 11.3 Å². The van der Waals surface area contributed by atoms with E-state index in [0.717, 1.165) is 9.92 Å². The summed E-state index contributed by atoms with van der Waals surface area (Å²) in [5.41, 5.74) is 6.86. The second-order valence-corrected chi connectivity index (χ2v) is 4.92. The van der Waals surface area contributed by atoms with Crippen molar-refractivity contribution in [1.29, 1.82) is 5.41 Å². The molecular formula is C12H13FN4S. The number of rotatable bonds is 3. The van der Waals surface area contributed by atoms with Gasteiger partial charge in [0.15, 0.2) is 0 Å². The number of nitrogens with zero attached hydrogens (tertiary/aromatic N) is 2. The van der Waals surface area contributed by atoms with E-state index in [2.05, 4.69) is 5.10 Å². The molecule has 3 N–H and O–H groups in total. The van der Waals surface area contributed by atoms with Crippen molar-refractivity contribution in [3.05, 3.63) is 41.3 Å². The minimum atomic E-state index is -0.289. The second kappa shape index (κ2) is 4.81. The molecule has 0 atom stereocenters. The number of nitrogens with two attached hydrogens (primary N) is 1. The van der Waals surface area contributed by atoms with Gasteiger partial charge in [-0.1, -0.05) is 17.8 Å². The van der Waals surface area contributed by atoms with Crippen LogP contribution >= 0.6 is 11.8 Å². The Morgan fingerprint density at radius 2 is 2.22 bits per heavy atom. The van der Waals surface area contributed by atoms with Crippen LogP contribution in [0.25, 0.3) is 0 Å². The molecule has 0 radical (unpaired) electrons. The fourth-order valence-electron chi connectivity index (χ4n) is 1.71. The Hall–Kier alpha value is -1.82. The van der Waals surface area contributed by atoms with Crippen LogP contribution in [0.4, 0.5) is 4.39 Å². The van der Waals surface area contributed by atoms with Crippen molar-refractivity contribution in [1.82, 2.24) is 9.78 Å². The zero-order valence-corrected chi connectivity index (χ0v) is 10.9. The van der Waals surface area contributed by atoms with Crippen LogP contribution in [0.3, 0.4) is 0 Å². The van der Waals surface area contributed by atoms with Crippen LogP contribution in [0.1, 0.15) is 11.3 Å². The van der Waals surface area contributed by atoms with Crippen LogP contribution in [0, 0.1) is 18.2 Å². The molecule has 2 aromatic rings. The van der Waals surface area contributed by atoms with Gasteiger partial charge in [0.25, 0.3) is 0 Å². The zero-order chi connectivity index (χ0) is 13.3. The van der Waals surface area contributed by atoms with Gasteiger partial charge >= 0.3 is 0 Å². The molecule has 0 saturated heterocycles. The Morgan fingerprint density at radius 1 is 1.50 bits per heavy atom. The summed E-state index contributed by atoms with van der Waals surface area (Å²) in [7, 11) is 1.78. The summed E-state index contributed by atoms with van der Waals surface area (Å²) < 4.78 is 14.8. The van der Waals surface area contributed by atoms with E-state index in [1.54, 1.807) is 30.8 Å². The Kier molecular flexibility index (Phi) is 3.38. The van der Waals surface area contributed by atoms with E-state index in [4.69, 9.17) is 11.1 Å². The summed E-state index contributed by atoms with van der Waals surface area (Å²) in [6.45, 7) is 1.80. The maximum Gasteiger partial charge on any atom is 0.127 e. The number of nitrogen functional groups attached to an aromatic ring is 1. The highest BCUT2D eigenvalue weighted by Gasteiger charge is 2.16. The van der Waals surface area contributed by atoms with Crippen LogP contribution in [0.5, 0.6) is 0 Å². The molecule has 18 heavy (non-hydrogen) atoms. The van der Waals surface area contributed by atoms with Crippen LogP contribution in [-0.2, 0) is 7.05 Å². The van der Waals surface area contributed by atoms with Crippen molar-refractivity contribution in [2.45, 2.75) is 16.8 Å². The summed E-state index contributed by atoms with van der Waals surface area (Å²) >= 11 is 1.34. The molecule has 1 aromatic heterocycles. The van der Waals surface area contributed by atoms with E-state index in [-0.39, 0.29) is 11.7 Å². The quantitative estimate of drug-likeness (QED) is 0.660. The topological polar surface area (TPSA) is 67.7 Å². The summed E-state index contributed by atoms with van der Waals surface area (Å²) in [5, 5.41) is 12.5. The first kappa shape index (κ1) is 12.6. The number of nitrogens with one attached hydrogen (secondary N) is 1. The third-order valence-corrected chi connectivity index (χ3v) is 3.60. The first-order valence-electron chi connectivity index (χ1n) is 5.30. The van der Waals surface area contributed by atoms with E-state index in [1.165, 1.54) is 23.9 Å². The number of aryl methyl sites for hydroxylation is 2. The van der Waals surface area contributed by atoms with Crippen molar-refractivity contribution in [3.8, 4) is 0 Å². The maximum atomic E-state index is 13.1. The summed E-state index contributed by atoms with van der Waals surface area (Å²) in [6, 6.07) is 6.29. The van der Waals surface area contributed by atoms with Gasteiger partial charge in [0.1, 0.15) is 16.7 Å². The molecule has 0 spiro atoms. The average molecular weight is 264 g/mol. The molecule has 2 rings (SSSR count). The van der Waals surface area contributed by atoms with E-state index >= 15 is 0 Å². The molecule has 6 heteroatoms. The number of aromatic nitrogens is 2. The highest BCUT2D eigenvalue weighted by atomic mass is 32.2. The SMILES string of the molecule is Cc1nn(C)c(Sc2cccc(F)c2)c1C(=N)N. The number of amidine groups is 1. The standard InChI is InChI=1S/C12H13FN4S/c1-7-10(11(14)15)12(17(2)16-7)18-9-5-3-4-8(13)6-9/h3-6H,1-2H3,(H3,14,15). The molecule has 0 amide bonds. The van der Waals surface area contributed by atoms with Crippen molar-refractivity contribution < 1.29 is 4.39 Å². The first-order valence-corrected chi connectivity index (χ1v) is 6.12. The van der Waals surface area contributed by atoms with E-state index in [0.29, 0.717) is 11.3 Å². The van der Waals surface area contributed by atoms with Gasteiger partial charge in [-0.3, -0.25) is 10.1 Å². The molecule has 4 nitrogen and oxygen atoms in total. The fraction of sp³-hybridized carbons (Fsp3) is 0.167. The van der Waals surface area contributed by atoms with Crippen LogP contribution in [0.15, 0.2) is 34.2 Å². The van der Waals surface area contributed by atoms with E-state index in [9.17, 15) is 4.39 Å². The van der Waals surface area contributed by atoms with Crippen LogP contribution in [-0.4, -0.2) is 15.6 Å². The number of halogens is 1. The monoisotopic (exact) mass is 264 g/mol. The van der Waals surface area contributed by atoms with E-state index in [1.807, 2.05) is 0 Å². The average Bonchev–Trinajstić information content (AvgIpc) is 2.53. The van der Waals surface area contributed by atoms with Gasteiger partial charge in [-0.15, -0.1) is 0 Å². The molecular weight excluding hydrogens is 251 g/mol. The van der Waals surface area contributed by atoms with Crippen molar-refractivity contribution in [3.63, 3.8) is 0 Å². The zero-order valence-electron chi connectivity index (χ0n) is 10.1. The predicted molar refractivity (Wildman–Crippen MR) is 69.5 cm³/mol. The molecule has 0 fully saturated rings. The van der Waals surface area contributed by atoms with Crippen molar-refractivity contribution >= 4 is 17.6 Å². The lowest BCUT2D eigenvalue weighted by molar-refractivity contribution is 0.624. The lowest BCUT2D eigenvalue weighted by Crippen LogP contribution is -2.13. The molecule has 0 bridgehead atoms. The van der Waals surface area contributed by atoms with Gasteiger partial charge < -0.3 is 5.73 Å². The van der Waals surface area contributed by atoms with Gasteiger partial charge in [-0.2, -0.15) is 5.10 Å². The molecule has 0 aliphatic carbocycles. The minimum Gasteiger partial charge on any atom is -0.384 e. The Balaban J connectivity index is 2.43. The number of benzene rings is 1. The lowest BCUT2D eigenvalue weighted by atomic mass is 10.2. The van der Waals surface area contributed by atoms with Crippen molar-refractivity contribution in [2.24, 2.45) is 12.8 Å². The maximum absolute atomic E-state index is 13.1. The Labute approximate surface area is 109 Å². The van der Waals surface area contributed by atoms with Crippen LogP contribution < -0.4 is 5.73 Å². The molecule has 1 aromatic carbocycles. The summed E-state index contributed by atoms with van der Waals surface area (Å²) in [5.74, 6) is -0.317. The number of hydrogen-bond donors (Lipinski definition) is 2. The molecule has 1 heterocycles. The third kappa shape index (κ3) is 2.38. The van der Waals surface area contributed by atoms with Gasteiger partial charge in [0, 0.05) is 11.9 Å². The lowest BCUT2D eigenvalue weighted by Gasteiger charge is -2.05. The number of hydrogen-bond acceptors (Lipinski definition) is 3. The molecule has 0 aliphatic rings. The minimum absolute atomic E-state index is 0.0282. The normalized spacial score (nSPS) is 10.6. The van der Waals surface area contributed by atoms with Gasteiger partial charge in [0.2, 0.25) is 0 Å². The molecule has 0 saturated carbocycles. The van der Waals surface area contributed by atoms with Crippen molar-refractivity contribution in [2.75, 3.05) is 0 Å². The largest absolute Gasteiger partial charge is 0.384 e. The smallest absolute Gasteiger partial charge is 0.127 e. The molecule has 0 unspecified atom stereocenters. The molecule has 94 valence electrons. The van der Waals surface area contributed by atoms with Gasteiger partial charge in [-0.25, -0.2) is 4.39 Å². The first-order chi connectivity index (χ1) is 8.49. The Morgan fingerprint density at radius 3 is 2.83 bits per heavy atom. The van der Waals surface area contributed by atoms with E-state index < -0.39 is 0 Å². The van der Waals surface area contributed by atoms with Crippen LogP contribution in [0.2, 0.25) is 0 Å². The highest BCUT2D eigenvalue weighted by molar-refractivity contribution is 7.99. The molecule has 0 aliphatic heterocycles. The summed E-state index contributed by atoms with van der Waals surface area (Å²) in [6.07, 6.45) is 0. The second-order valence-electron chi connectivity index (χ2n) is 3.86. The summed E-state index contributed by atoms with van der Waals surface area (Å²) in [4.78, 5) is 0.750.